The van der Waals surface area contributed by atoms with E-state index in [4.69, 9.17) is 0 Å². The maximum Gasteiger partial charge on any atom is 0.224 e. The van der Waals surface area contributed by atoms with Crippen molar-refractivity contribution in [2.75, 3.05) is 20.1 Å². The number of fused-ring (bicyclic) bond motifs is 1. The molecule has 4 nitrogen and oxygen atoms in total. The molecule has 1 aromatic rings. The first-order valence-corrected chi connectivity index (χ1v) is 7.42. The Morgan fingerprint density at radius 3 is 2.95 bits per heavy atom. The number of carbonyl (C=O) groups is 1. The molecule has 1 saturated heterocycles. The van der Waals surface area contributed by atoms with E-state index in [1.807, 2.05) is 18.2 Å². The van der Waals surface area contributed by atoms with Crippen molar-refractivity contribution >= 4 is 5.91 Å². The van der Waals surface area contributed by atoms with Crippen LogP contribution >= 0.6 is 0 Å². The van der Waals surface area contributed by atoms with Crippen LogP contribution in [0.4, 0.5) is 0 Å². The average Bonchev–Trinajstić information content (AvgIpc) is 2.84. The molecular weight excluding hydrogens is 252 g/mol. The van der Waals surface area contributed by atoms with Crippen LogP contribution in [0, 0.1) is 5.92 Å². The van der Waals surface area contributed by atoms with Crippen LogP contribution in [0.25, 0.3) is 0 Å². The second-order valence-corrected chi connectivity index (χ2v) is 5.86. The van der Waals surface area contributed by atoms with Gasteiger partial charge in [-0.05, 0) is 36.9 Å². The Labute approximate surface area is 119 Å². The Bertz CT molecular complexity index is 503. The number of amides is 1. The number of aliphatic hydroxyl groups is 1. The van der Waals surface area contributed by atoms with Crippen LogP contribution in [0.3, 0.4) is 0 Å². The van der Waals surface area contributed by atoms with Crippen LogP contribution in [0.15, 0.2) is 24.3 Å². The van der Waals surface area contributed by atoms with Gasteiger partial charge in [-0.2, -0.15) is 0 Å². The first-order chi connectivity index (χ1) is 9.70. The number of hydrogen-bond donors (Lipinski definition) is 2. The van der Waals surface area contributed by atoms with Crippen molar-refractivity contribution in [3.05, 3.63) is 35.4 Å². The van der Waals surface area contributed by atoms with Gasteiger partial charge in [-0.3, -0.25) is 9.69 Å². The molecule has 108 valence electrons. The minimum Gasteiger partial charge on any atom is -0.387 e. The molecule has 1 heterocycles. The standard InChI is InChI=1S/C16H22N2O2/c1-17-16(20)12-6-4-8-18(10-12)14-9-11-5-2-3-7-13(11)15(14)19/h2-3,5,7,12,14-15,19H,4,6,8-10H2,1H3,(H,17,20). The molecule has 20 heavy (non-hydrogen) atoms. The zero-order valence-electron chi connectivity index (χ0n) is 11.9. The quantitative estimate of drug-likeness (QED) is 0.849. The highest BCUT2D eigenvalue weighted by atomic mass is 16.3. The van der Waals surface area contributed by atoms with Crippen molar-refractivity contribution < 1.29 is 9.90 Å². The molecule has 3 unspecified atom stereocenters. The van der Waals surface area contributed by atoms with Gasteiger partial charge in [0.15, 0.2) is 0 Å². The lowest BCUT2D eigenvalue weighted by molar-refractivity contribution is -0.126. The summed E-state index contributed by atoms with van der Waals surface area (Å²) in [7, 11) is 1.70. The molecule has 0 aromatic heterocycles. The Hall–Kier alpha value is -1.39. The lowest BCUT2D eigenvalue weighted by Gasteiger charge is -2.37. The Kier molecular flexibility index (Phi) is 3.76. The minimum absolute atomic E-state index is 0.0599. The van der Waals surface area contributed by atoms with Crippen molar-refractivity contribution in [3.63, 3.8) is 0 Å². The lowest BCUT2D eigenvalue weighted by atomic mass is 9.95. The summed E-state index contributed by atoms with van der Waals surface area (Å²) in [4.78, 5) is 14.1. The fraction of sp³-hybridized carbons (Fsp3) is 0.562. The van der Waals surface area contributed by atoms with Crippen molar-refractivity contribution in [1.29, 1.82) is 0 Å². The summed E-state index contributed by atoms with van der Waals surface area (Å²) in [6, 6.07) is 8.24. The highest BCUT2D eigenvalue weighted by molar-refractivity contribution is 5.78. The second kappa shape index (κ2) is 5.54. The van der Waals surface area contributed by atoms with Crippen molar-refractivity contribution in [2.24, 2.45) is 5.92 Å². The molecule has 1 aliphatic carbocycles. The monoisotopic (exact) mass is 274 g/mol. The summed E-state index contributed by atoms with van der Waals surface area (Å²) in [5, 5.41) is 13.3. The van der Waals surface area contributed by atoms with Crippen LogP contribution in [0.1, 0.15) is 30.1 Å². The third-order valence-corrected chi connectivity index (χ3v) is 4.71. The molecular formula is C16H22N2O2. The van der Waals surface area contributed by atoms with Gasteiger partial charge in [-0.1, -0.05) is 24.3 Å². The Morgan fingerprint density at radius 2 is 2.20 bits per heavy atom. The number of aliphatic hydroxyl groups excluding tert-OH is 1. The normalized spacial score (nSPS) is 30.0. The van der Waals surface area contributed by atoms with Gasteiger partial charge < -0.3 is 10.4 Å². The number of hydrogen-bond acceptors (Lipinski definition) is 3. The third kappa shape index (κ3) is 2.34. The number of likely N-dealkylation sites (tertiary alicyclic amines) is 1. The molecule has 3 rings (SSSR count). The fourth-order valence-corrected chi connectivity index (χ4v) is 3.61. The minimum atomic E-state index is -0.422. The van der Waals surface area contributed by atoms with Gasteiger partial charge in [0.05, 0.1) is 12.0 Å². The molecule has 1 fully saturated rings. The van der Waals surface area contributed by atoms with E-state index in [1.54, 1.807) is 7.05 Å². The molecule has 2 aliphatic rings. The van der Waals surface area contributed by atoms with E-state index in [1.165, 1.54) is 5.56 Å². The van der Waals surface area contributed by atoms with Crippen molar-refractivity contribution in [2.45, 2.75) is 31.4 Å². The number of rotatable bonds is 2. The summed E-state index contributed by atoms with van der Waals surface area (Å²) in [5.41, 5.74) is 2.30. The molecule has 1 aromatic carbocycles. The second-order valence-electron chi connectivity index (χ2n) is 5.86. The maximum absolute atomic E-state index is 11.8. The number of nitrogens with one attached hydrogen (secondary N) is 1. The lowest BCUT2D eigenvalue weighted by Crippen LogP contribution is -2.48. The van der Waals surface area contributed by atoms with Crippen LogP contribution in [-0.4, -0.2) is 42.1 Å². The predicted octanol–water partition coefficient (Wildman–Crippen LogP) is 1.10. The van der Waals surface area contributed by atoms with Gasteiger partial charge in [0.2, 0.25) is 5.91 Å². The highest BCUT2D eigenvalue weighted by Gasteiger charge is 2.37. The Morgan fingerprint density at radius 1 is 1.40 bits per heavy atom. The van der Waals surface area contributed by atoms with E-state index in [0.29, 0.717) is 0 Å². The van der Waals surface area contributed by atoms with Crippen LogP contribution < -0.4 is 5.32 Å². The zero-order valence-corrected chi connectivity index (χ0v) is 11.9. The molecule has 0 bridgehead atoms. The third-order valence-electron chi connectivity index (χ3n) is 4.71. The van der Waals surface area contributed by atoms with Gasteiger partial charge >= 0.3 is 0 Å². The Balaban J connectivity index is 1.73. The highest BCUT2D eigenvalue weighted by Crippen LogP contribution is 2.36. The van der Waals surface area contributed by atoms with E-state index >= 15 is 0 Å². The van der Waals surface area contributed by atoms with Crippen LogP contribution in [-0.2, 0) is 11.2 Å². The number of benzene rings is 1. The summed E-state index contributed by atoms with van der Waals surface area (Å²) < 4.78 is 0. The smallest absolute Gasteiger partial charge is 0.224 e. The summed E-state index contributed by atoms with van der Waals surface area (Å²) in [6.07, 6.45) is 2.44. The van der Waals surface area contributed by atoms with E-state index in [-0.39, 0.29) is 17.9 Å². The molecule has 1 amide bonds. The van der Waals surface area contributed by atoms with Gasteiger partial charge in [0, 0.05) is 19.6 Å². The SMILES string of the molecule is CNC(=O)C1CCCN(C2Cc3ccccc3C2O)C1. The predicted molar refractivity (Wildman–Crippen MR) is 77.3 cm³/mol. The summed E-state index contributed by atoms with van der Waals surface area (Å²) in [5.74, 6) is 0.185. The molecule has 0 radical (unpaired) electrons. The van der Waals surface area contributed by atoms with E-state index < -0.39 is 6.10 Å². The molecule has 1 aliphatic heterocycles. The van der Waals surface area contributed by atoms with Gasteiger partial charge in [0.25, 0.3) is 0 Å². The maximum atomic E-state index is 11.8. The van der Waals surface area contributed by atoms with E-state index in [9.17, 15) is 9.90 Å². The largest absolute Gasteiger partial charge is 0.387 e. The van der Waals surface area contributed by atoms with Gasteiger partial charge in [-0.25, -0.2) is 0 Å². The first-order valence-electron chi connectivity index (χ1n) is 7.42. The zero-order chi connectivity index (χ0) is 14.1. The van der Waals surface area contributed by atoms with E-state index in [2.05, 4.69) is 16.3 Å². The molecule has 4 heteroatoms. The average molecular weight is 274 g/mol. The molecule has 3 atom stereocenters. The molecule has 0 spiro atoms. The summed E-state index contributed by atoms with van der Waals surface area (Å²) in [6.45, 7) is 1.73. The fourth-order valence-electron chi connectivity index (χ4n) is 3.61. The molecule has 2 N–H and O–H groups in total. The molecule has 0 saturated carbocycles. The van der Waals surface area contributed by atoms with Gasteiger partial charge in [0.1, 0.15) is 0 Å². The number of nitrogens with zero attached hydrogens (tertiary/aromatic N) is 1. The number of piperidine rings is 1. The van der Waals surface area contributed by atoms with Crippen molar-refractivity contribution in [1.82, 2.24) is 10.2 Å². The van der Waals surface area contributed by atoms with E-state index in [0.717, 1.165) is 37.9 Å². The van der Waals surface area contributed by atoms with Gasteiger partial charge in [-0.15, -0.1) is 0 Å². The van der Waals surface area contributed by atoms with Crippen molar-refractivity contribution in [3.8, 4) is 0 Å². The summed E-state index contributed by atoms with van der Waals surface area (Å²) >= 11 is 0. The topological polar surface area (TPSA) is 52.6 Å². The van der Waals surface area contributed by atoms with Crippen LogP contribution in [0.5, 0.6) is 0 Å². The number of carbonyl (C=O) groups excluding carboxylic acids is 1. The van der Waals surface area contributed by atoms with Crippen LogP contribution in [0.2, 0.25) is 0 Å². The first kappa shape index (κ1) is 13.6.